The van der Waals surface area contributed by atoms with E-state index in [1.54, 1.807) is 24.6 Å². The number of aliphatic imine (C=N–C) groups is 1. The first-order valence-corrected chi connectivity index (χ1v) is 7.78. The Hall–Kier alpha value is -1.35. The van der Waals surface area contributed by atoms with Gasteiger partial charge in [0.25, 0.3) is 0 Å². The quantitative estimate of drug-likeness (QED) is 0.419. The molecule has 120 valence electrons. The lowest BCUT2D eigenvalue weighted by Crippen LogP contribution is -2.36. The number of halogens is 1. The molecule has 2 aromatic rings. The number of thiophene rings is 1. The number of ether oxygens (including phenoxy) is 1. The number of nitrogens with zero attached hydrogens (tertiary/aromatic N) is 2. The van der Waals surface area contributed by atoms with Gasteiger partial charge in [0, 0.05) is 25.4 Å². The Labute approximate surface area is 152 Å². The maximum Gasteiger partial charge on any atom is 0.213 e. The van der Waals surface area contributed by atoms with Gasteiger partial charge in [0.05, 0.1) is 13.7 Å². The van der Waals surface area contributed by atoms with E-state index < -0.39 is 0 Å². The topological polar surface area (TPSA) is 58.5 Å². The molecule has 7 heteroatoms. The summed E-state index contributed by atoms with van der Waals surface area (Å²) in [6, 6.07) is 5.96. The molecule has 0 aromatic carbocycles. The van der Waals surface area contributed by atoms with E-state index in [4.69, 9.17) is 4.74 Å². The van der Waals surface area contributed by atoms with Gasteiger partial charge in [-0.25, -0.2) is 9.98 Å². The molecule has 0 saturated carbocycles. The van der Waals surface area contributed by atoms with Crippen molar-refractivity contribution in [2.75, 3.05) is 13.7 Å². The predicted molar refractivity (Wildman–Crippen MR) is 102 cm³/mol. The lowest BCUT2D eigenvalue weighted by Gasteiger charge is -2.11. The molecule has 0 aliphatic heterocycles. The molecular formula is C15H21IN4OS. The van der Waals surface area contributed by atoms with Gasteiger partial charge in [-0.1, -0.05) is 0 Å². The molecule has 0 aliphatic rings. The molecule has 0 radical (unpaired) electrons. The predicted octanol–water partition coefficient (Wildman–Crippen LogP) is 3.03. The number of hydrogen-bond donors (Lipinski definition) is 2. The molecule has 0 aliphatic carbocycles. The van der Waals surface area contributed by atoms with Crippen molar-refractivity contribution in [1.82, 2.24) is 15.6 Å². The van der Waals surface area contributed by atoms with Crippen LogP contribution in [0.1, 0.15) is 18.1 Å². The van der Waals surface area contributed by atoms with Crippen LogP contribution in [0.2, 0.25) is 0 Å². The molecule has 22 heavy (non-hydrogen) atoms. The zero-order chi connectivity index (χ0) is 14.9. The third-order valence-corrected chi connectivity index (χ3v) is 3.54. The summed E-state index contributed by atoms with van der Waals surface area (Å²) in [6.45, 7) is 4.24. The Morgan fingerprint density at radius 1 is 1.32 bits per heavy atom. The molecule has 2 N–H and O–H groups in total. The Morgan fingerprint density at radius 3 is 2.86 bits per heavy atom. The summed E-state index contributed by atoms with van der Waals surface area (Å²) in [7, 11) is 1.62. The van der Waals surface area contributed by atoms with Crippen LogP contribution in [-0.2, 0) is 13.1 Å². The van der Waals surface area contributed by atoms with Crippen LogP contribution >= 0.6 is 35.3 Å². The van der Waals surface area contributed by atoms with Gasteiger partial charge < -0.3 is 15.4 Å². The van der Waals surface area contributed by atoms with Crippen molar-refractivity contribution in [2.24, 2.45) is 4.99 Å². The van der Waals surface area contributed by atoms with Crippen LogP contribution in [0, 0.1) is 0 Å². The van der Waals surface area contributed by atoms with E-state index in [-0.39, 0.29) is 24.0 Å². The van der Waals surface area contributed by atoms with Crippen LogP contribution in [-0.4, -0.2) is 24.6 Å². The molecule has 2 aromatic heterocycles. The number of pyridine rings is 1. The summed E-state index contributed by atoms with van der Waals surface area (Å²) in [6.07, 6.45) is 1.74. The molecular weight excluding hydrogens is 411 g/mol. The highest BCUT2D eigenvalue weighted by atomic mass is 127. The van der Waals surface area contributed by atoms with Crippen molar-refractivity contribution in [1.29, 1.82) is 0 Å². The molecule has 2 heterocycles. The summed E-state index contributed by atoms with van der Waals surface area (Å²) in [5.41, 5.74) is 2.32. The van der Waals surface area contributed by atoms with Crippen LogP contribution in [0.4, 0.5) is 0 Å². The van der Waals surface area contributed by atoms with Crippen molar-refractivity contribution in [3.63, 3.8) is 0 Å². The average molecular weight is 432 g/mol. The van der Waals surface area contributed by atoms with E-state index in [0.717, 1.165) is 18.1 Å². The summed E-state index contributed by atoms with van der Waals surface area (Å²) < 4.78 is 5.12. The smallest absolute Gasteiger partial charge is 0.213 e. The van der Waals surface area contributed by atoms with Crippen LogP contribution in [0.5, 0.6) is 5.88 Å². The number of aromatic nitrogens is 1. The standard InChI is InChI=1S/C15H20N4OS.HI/c1-3-16-15(19-10-13-5-7-21-11-13)18-9-12-4-6-17-14(8-12)20-2;/h4-8,11H,3,9-10H2,1-2H3,(H2,16,18,19);1H. The largest absolute Gasteiger partial charge is 0.481 e. The summed E-state index contributed by atoms with van der Waals surface area (Å²) in [5.74, 6) is 1.42. The van der Waals surface area contributed by atoms with Gasteiger partial charge in [0.15, 0.2) is 5.96 Å². The second-order valence-electron chi connectivity index (χ2n) is 4.39. The zero-order valence-electron chi connectivity index (χ0n) is 12.7. The first kappa shape index (κ1) is 18.7. The van der Waals surface area contributed by atoms with Crippen molar-refractivity contribution >= 4 is 41.3 Å². The van der Waals surface area contributed by atoms with Crippen molar-refractivity contribution in [3.8, 4) is 5.88 Å². The normalized spacial score (nSPS) is 10.7. The molecule has 0 saturated heterocycles. The highest BCUT2D eigenvalue weighted by Gasteiger charge is 2.00. The third kappa shape index (κ3) is 6.18. The molecule has 0 bridgehead atoms. The van der Waals surface area contributed by atoms with E-state index in [9.17, 15) is 0 Å². The van der Waals surface area contributed by atoms with E-state index in [1.807, 2.05) is 12.1 Å². The Morgan fingerprint density at radius 2 is 2.18 bits per heavy atom. The summed E-state index contributed by atoms with van der Waals surface area (Å²) in [4.78, 5) is 8.66. The zero-order valence-corrected chi connectivity index (χ0v) is 15.9. The van der Waals surface area contributed by atoms with Crippen LogP contribution in [0.25, 0.3) is 0 Å². The van der Waals surface area contributed by atoms with Crippen LogP contribution < -0.4 is 15.4 Å². The second-order valence-corrected chi connectivity index (χ2v) is 5.17. The minimum absolute atomic E-state index is 0. The molecule has 5 nitrogen and oxygen atoms in total. The molecule has 0 fully saturated rings. The molecule has 0 atom stereocenters. The number of guanidine groups is 1. The van der Waals surface area contributed by atoms with Crippen LogP contribution in [0.15, 0.2) is 40.1 Å². The summed E-state index contributed by atoms with van der Waals surface area (Å²) >= 11 is 1.69. The van der Waals surface area contributed by atoms with E-state index >= 15 is 0 Å². The van der Waals surface area contributed by atoms with Crippen molar-refractivity contribution in [3.05, 3.63) is 46.3 Å². The molecule has 2 rings (SSSR count). The molecule has 0 spiro atoms. The van der Waals surface area contributed by atoms with E-state index in [0.29, 0.717) is 19.0 Å². The lowest BCUT2D eigenvalue weighted by molar-refractivity contribution is 0.397. The highest BCUT2D eigenvalue weighted by molar-refractivity contribution is 14.0. The lowest BCUT2D eigenvalue weighted by atomic mass is 10.2. The van der Waals surface area contributed by atoms with Gasteiger partial charge in [-0.3, -0.25) is 0 Å². The first-order chi connectivity index (χ1) is 10.3. The summed E-state index contributed by atoms with van der Waals surface area (Å²) in [5, 5.41) is 10.7. The average Bonchev–Trinajstić information content (AvgIpc) is 3.03. The van der Waals surface area contributed by atoms with Crippen molar-refractivity contribution in [2.45, 2.75) is 20.0 Å². The third-order valence-electron chi connectivity index (χ3n) is 2.81. The number of rotatable bonds is 6. The maximum absolute atomic E-state index is 5.12. The minimum Gasteiger partial charge on any atom is -0.481 e. The monoisotopic (exact) mass is 432 g/mol. The fraction of sp³-hybridized carbons (Fsp3) is 0.333. The second kappa shape index (κ2) is 10.4. The fourth-order valence-corrected chi connectivity index (χ4v) is 2.41. The number of hydrogen-bond acceptors (Lipinski definition) is 4. The SMILES string of the molecule is CCNC(=NCc1ccsc1)NCc1ccnc(OC)c1.I. The van der Waals surface area contributed by atoms with Crippen LogP contribution in [0.3, 0.4) is 0 Å². The van der Waals surface area contributed by atoms with E-state index in [2.05, 4.69) is 44.4 Å². The number of methoxy groups -OCH3 is 1. The van der Waals surface area contributed by atoms with Gasteiger partial charge in [0.1, 0.15) is 0 Å². The Kier molecular flexibility index (Phi) is 8.83. The Balaban J connectivity index is 0.00000242. The maximum atomic E-state index is 5.12. The van der Waals surface area contributed by atoms with Gasteiger partial charge in [-0.05, 0) is 40.9 Å². The van der Waals surface area contributed by atoms with Gasteiger partial charge in [-0.2, -0.15) is 11.3 Å². The highest BCUT2D eigenvalue weighted by Crippen LogP contribution is 2.08. The van der Waals surface area contributed by atoms with Crippen molar-refractivity contribution < 1.29 is 4.74 Å². The van der Waals surface area contributed by atoms with Gasteiger partial charge in [0.2, 0.25) is 5.88 Å². The van der Waals surface area contributed by atoms with E-state index in [1.165, 1.54) is 5.56 Å². The minimum atomic E-state index is 0. The van der Waals surface area contributed by atoms with Gasteiger partial charge in [-0.15, -0.1) is 24.0 Å². The molecule has 0 amide bonds. The number of nitrogens with one attached hydrogen (secondary N) is 2. The van der Waals surface area contributed by atoms with Gasteiger partial charge >= 0.3 is 0 Å². The first-order valence-electron chi connectivity index (χ1n) is 6.84. The molecule has 0 unspecified atom stereocenters. The Bertz CT molecular complexity index is 575. The fourth-order valence-electron chi connectivity index (χ4n) is 1.75.